The second-order valence-electron chi connectivity index (χ2n) is 8.35. The maximum atomic E-state index is 4.72. The lowest BCUT2D eigenvalue weighted by Gasteiger charge is -2.38. The Morgan fingerprint density at radius 3 is 2.41 bits per heavy atom. The van der Waals surface area contributed by atoms with Gasteiger partial charge in [0.15, 0.2) is 5.96 Å². The van der Waals surface area contributed by atoms with E-state index in [1.165, 1.54) is 63.5 Å². The molecule has 1 saturated carbocycles. The predicted molar refractivity (Wildman–Crippen MR) is 123 cm³/mol. The van der Waals surface area contributed by atoms with Crippen molar-refractivity contribution in [2.24, 2.45) is 10.4 Å². The normalized spacial score (nSPS) is 22.2. The maximum absolute atomic E-state index is 4.72. The van der Waals surface area contributed by atoms with Gasteiger partial charge in [-0.25, -0.2) is 4.98 Å². The molecule has 1 aromatic heterocycles. The third kappa shape index (κ3) is 4.87. The zero-order valence-electron chi connectivity index (χ0n) is 16.6. The molecule has 0 aromatic carbocycles. The standard InChI is InChI=1S/C21H33N5.HI/c1-22-20(26-14-11-21(17-26)9-6-10-21)24-16-18-7-8-19(23-15-18)25-12-4-2-3-5-13-25;/h7-8,15H,2-6,9-14,16-17H2,1H3,(H,22,24);1H. The lowest BCUT2D eigenvalue weighted by atomic mass is 9.68. The van der Waals surface area contributed by atoms with Gasteiger partial charge in [-0.1, -0.05) is 25.3 Å². The van der Waals surface area contributed by atoms with E-state index in [1.807, 2.05) is 13.2 Å². The number of hydrogen-bond donors (Lipinski definition) is 1. The van der Waals surface area contributed by atoms with Gasteiger partial charge < -0.3 is 15.1 Å². The van der Waals surface area contributed by atoms with Crippen molar-refractivity contribution < 1.29 is 0 Å². The van der Waals surface area contributed by atoms with Gasteiger partial charge >= 0.3 is 0 Å². The monoisotopic (exact) mass is 483 g/mol. The third-order valence-corrected chi connectivity index (χ3v) is 6.55. The van der Waals surface area contributed by atoms with Crippen LogP contribution in [0, 0.1) is 5.41 Å². The van der Waals surface area contributed by atoms with Crippen LogP contribution in [0.1, 0.15) is 56.9 Å². The molecular formula is C21H34IN5. The van der Waals surface area contributed by atoms with Gasteiger partial charge in [-0.3, -0.25) is 4.99 Å². The Balaban J connectivity index is 0.00000210. The minimum Gasteiger partial charge on any atom is -0.357 e. The van der Waals surface area contributed by atoms with Crippen LogP contribution in [0.25, 0.3) is 0 Å². The van der Waals surface area contributed by atoms with Crippen molar-refractivity contribution in [3.05, 3.63) is 23.9 Å². The second-order valence-corrected chi connectivity index (χ2v) is 8.35. The van der Waals surface area contributed by atoms with Gasteiger partial charge in [-0.2, -0.15) is 0 Å². The highest BCUT2D eigenvalue weighted by molar-refractivity contribution is 14.0. The number of halogens is 1. The Morgan fingerprint density at radius 2 is 1.85 bits per heavy atom. The number of rotatable bonds is 3. The van der Waals surface area contributed by atoms with E-state index in [1.54, 1.807) is 0 Å². The van der Waals surface area contributed by atoms with Crippen molar-refractivity contribution in [1.82, 2.24) is 15.2 Å². The summed E-state index contributed by atoms with van der Waals surface area (Å²) in [5, 5.41) is 3.54. The van der Waals surface area contributed by atoms with E-state index in [0.29, 0.717) is 5.41 Å². The Kier molecular flexibility index (Phi) is 7.22. The fourth-order valence-electron chi connectivity index (χ4n) is 4.72. The lowest BCUT2D eigenvalue weighted by Crippen LogP contribution is -2.42. The van der Waals surface area contributed by atoms with Gasteiger partial charge in [0.1, 0.15) is 5.82 Å². The molecule has 27 heavy (non-hydrogen) atoms. The summed E-state index contributed by atoms with van der Waals surface area (Å²) in [6.07, 6.45) is 12.9. The topological polar surface area (TPSA) is 43.8 Å². The van der Waals surface area contributed by atoms with E-state index in [0.717, 1.165) is 38.0 Å². The van der Waals surface area contributed by atoms with Crippen LogP contribution in [-0.2, 0) is 6.54 Å². The molecule has 3 heterocycles. The number of pyridine rings is 1. The Hall–Kier alpha value is -1.05. The molecule has 4 rings (SSSR count). The van der Waals surface area contributed by atoms with Crippen molar-refractivity contribution >= 4 is 35.8 Å². The van der Waals surface area contributed by atoms with E-state index in [2.05, 4.69) is 32.2 Å². The van der Waals surface area contributed by atoms with Crippen LogP contribution in [-0.4, -0.2) is 49.1 Å². The van der Waals surface area contributed by atoms with Gasteiger partial charge in [-0.05, 0) is 49.1 Å². The van der Waals surface area contributed by atoms with E-state index >= 15 is 0 Å². The summed E-state index contributed by atoms with van der Waals surface area (Å²) in [7, 11) is 1.90. The highest BCUT2D eigenvalue weighted by Gasteiger charge is 2.43. The summed E-state index contributed by atoms with van der Waals surface area (Å²) in [4.78, 5) is 14.1. The van der Waals surface area contributed by atoms with Gasteiger partial charge in [-0.15, -0.1) is 24.0 Å². The fraction of sp³-hybridized carbons (Fsp3) is 0.714. The van der Waals surface area contributed by atoms with Crippen LogP contribution < -0.4 is 10.2 Å². The first kappa shape index (κ1) is 20.7. The maximum Gasteiger partial charge on any atom is 0.193 e. The number of aromatic nitrogens is 1. The number of nitrogens with zero attached hydrogens (tertiary/aromatic N) is 4. The molecule has 1 aliphatic carbocycles. The molecule has 0 atom stereocenters. The third-order valence-electron chi connectivity index (χ3n) is 6.55. The van der Waals surface area contributed by atoms with Gasteiger partial charge in [0.25, 0.3) is 0 Å². The van der Waals surface area contributed by atoms with E-state index in [4.69, 9.17) is 4.98 Å². The summed E-state index contributed by atoms with van der Waals surface area (Å²) >= 11 is 0. The molecule has 1 N–H and O–H groups in total. The average molecular weight is 483 g/mol. The van der Waals surface area contributed by atoms with E-state index in [9.17, 15) is 0 Å². The second kappa shape index (κ2) is 9.43. The molecule has 2 saturated heterocycles. The summed E-state index contributed by atoms with van der Waals surface area (Å²) in [5.41, 5.74) is 1.83. The van der Waals surface area contributed by atoms with Gasteiger partial charge in [0.05, 0.1) is 0 Å². The lowest BCUT2D eigenvalue weighted by molar-refractivity contribution is 0.151. The van der Waals surface area contributed by atoms with Crippen LogP contribution in [0.3, 0.4) is 0 Å². The SMILES string of the molecule is CN=C(NCc1ccc(N2CCCCCC2)nc1)N1CCC2(CCC2)C1.I. The van der Waals surface area contributed by atoms with Gasteiger partial charge in [0.2, 0.25) is 0 Å². The zero-order valence-corrected chi connectivity index (χ0v) is 19.0. The molecule has 2 aliphatic heterocycles. The molecular weight excluding hydrogens is 449 g/mol. The summed E-state index contributed by atoms with van der Waals surface area (Å²) in [6, 6.07) is 4.40. The molecule has 5 nitrogen and oxygen atoms in total. The molecule has 3 fully saturated rings. The van der Waals surface area contributed by atoms with E-state index in [-0.39, 0.29) is 24.0 Å². The van der Waals surface area contributed by atoms with Crippen molar-refractivity contribution in [3.63, 3.8) is 0 Å². The predicted octanol–water partition coefficient (Wildman–Crippen LogP) is 4.03. The minimum atomic E-state index is 0. The average Bonchev–Trinajstić information content (AvgIpc) is 2.93. The molecule has 6 heteroatoms. The fourth-order valence-corrected chi connectivity index (χ4v) is 4.72. The first-order chi connectivity index (χ1) is 12.8. The summed E-state index contributed by atoms with van der Waals surface area (Å²) in [5.74, 6) is 2.18. The molecule has 150 valence electrons. The number of hydrogen-bond acceptors (Lipinski definition) is 3. The van der Waals surface area contributed by atoms with Crippen LogP contribution in [0.4, 0.5) is 5.82 Å². The molecule has 0 unspecified atom stereocenters. The van der Waals surface area contributed by atoms with Crippen LogP contribution in [0.2, 0.25) is 0 Å². The minimum absolute atomic E-state index is 0. The smallest absolute Gasteiger partial charge is 0.193 e. The molecule has 1 aromatic rings. The summed E-state index contributed by atoms with van der Waals surface area (Å²) < 4.78 is 0. The molecule has 1 spiro atoms. The zero-order chi connectivity index (χ0) is 17.8. The number of aliphatic imine (C=N–C) groups is 1. The molecule has 3 aliphatic rings. The van der Waals surface area contributed by atoms with Crippen molar-refractivity contribution in [2.45, 2.75) is 57.9 Å². The van der Waals surface area contributed by atoms with Crippen molar-refractivity contribution in [2.75, 3.05) is 38.1 Å². The Morgan fingerprint density at radius 1 is 1.07 bits per heavy atom. The first-order valence-electron chi connectivity index (χ1n) is 10.4. The highest BCUT2D eigenvalue weighted by Crippen LogP contribution is 2.47. The van der Waals surface area contributed by atoms with Crippen LogP contribution in [0.5, 0.6) is 0 Å². The highest BCUT2D eigenvalue weighted by atomic mass is 127. The van der Waals surface area contributed by atoms with Crippen LogP contribution in [0.15, 0.2) is 23.3 Å². The molecule has 0 bridgehead atoms. The van der Waals surface area contributed by atoms with Gasteiger partial charge in [0, 0.05) is 46.0 Å². The Bertz CT molecular complexity index is 618. The van der Waals surface area contributed by atoms with E-state index < -0.39 is 0 Å². The largest absolute Gasteiger partial charge is 0.357 e. The first-order valence-corrected chi connectivity index (χ1v) is 10.4. The van der Waals surface area contributed by atoms with Crippen molar-refractivity contribution in [1.29, 1.82) is 0 Å². The molecule has 0 amide bonds. The quantitative estimate of drug-likeness (QED) is 0.401. The Labute approximate surface area is 181 Å². The summed E-state index contributed by atoms with van der Waals surface area (Å²) in [6.45, 7) is 5.41. The van der Waals surface area contributed by atoms with Crippen molar-refractivity contribution in [3.8, 4) is 0 Å². The number of anilines is 1. The number of guanidine groups is 1. The number of likely N-dealkylation sites (tertiary alicyclic amines) is 1. The van der Waals surface area contributed by atoms with Crippen LogP contribution >= 0.6 is 24.0 Å². The number of nitrogens with one attached hydrogen (secondary N) is 1. The molecule has 0 radical (unpaired) electrons.